The molecule has 0 fully saturated rings. The van der Waals surface area contributed by atoms with Gasteiger partial charge in [0, 0.05) is 31.6 Å². The molecule has 0 aliphatic rings. The zero-order valence-electron chi connectivity index (χ0n) is 6.78. The van der Waals surface area contributed by atoms with Gasteiger partial charge in [-0.2, -0.15) is 0 Å². The predicted octanol–water partition coefficient (Wildman–Crippen LogP) is 3.15. The van der Waals surface area contributed by atoms with Crippen molar-refractivity contribution in [2.75, 3.05) is 0 Å². The summed E-state index contributed by atoms with van der Waals surface area (Å²) in [4.78, 5) is 4.14. The van der Waals surface area contributed by atoms with Gasteiger partial charge in [0.2, 0.25) is 0 Å². The molecule has 0 radical (unpaired) electrons. The average molecular weight is 456 g/mol. The third kappa shape index (κ3) is 2.14. The number of rotatable bonds is 0. The van der Waals surface area contributed by atoms with Crippen LogP contribution in [0.2, 0.25) is 0 Å². The number of hydrogen-bond donors (Lipinski definition) is 1. The molecule has 0 aliphatic carbocycles. The molecule has 0 saturated heterocycles. The number of halogens is 2. The first-order valence-electron chi connectivity index (χ1n) is 3.62. The van der Waals surface area contributed by atoms with E-state index in [9.17, 15) is 5.11 Å². The van der Waals surface area contributed by atoms with Gasteiger partial charge in [-0.05, 0) is 57.3 Å². The van der Waals surface area contributed by atoms with Crippen LogP contribution in [0.5, 0.6) is 5.75 Å². The van der Waals surface area contributed by atoms with Crippen LogP contribution in [0, 0.1) is 7.14 Å². The van der Waals surface area contributed by atoms with Crippen LogP contribution < -0.4 is 0 Å². The summed E-state index contributed by atoms with van der Waals surface area (Å²) in [6.45, 7) is 0. The summed E-state index contributed by atoms with van der Waals surface area (Å²) in [7, 11) is 0. The van der Waals surface area contributed by atoms with E-state index in [1.807, 2.05) is 18.2 Å². The molecule has 0 saturated carbocycles. The summed E-state index contributed by atoms with van der Waals surface area (Å²) in [6, 6.07) is 5.77. The number of phenolic OH excluding ortho intramolecular Hbond substituents is 1. The fourth-order valence-electron chi connectivity index (χ4n) is 1.16. The number of hydrogen-bond acceptors (Lipinski definition) is 2. The van der Waals surface area contributed by atoms with E-state index in [0.717, 1.165) is 12.5 Å². The third-order valence-corrected chi connectivity index (χ3v) is 3.48. The molecule has 1 aromatic carbocycles. The summed E-state index contributed by atoms with van der Waals surface area (Å²) in [5.41, 5.74) is 0.679. The Hall–Kier alpha value is 0.384. The molecule has 1 heterocycles. The molecule has 5 heteroatoms. The summed E-state index contributed by atoms with van der Waals surface area (Å²) in [5.74, 6) is 0.275. The Balaban J connectivity index is 0.000000980. The maximum Gasteiger partial charge on any atom is 0.155 e. The van der Waals surface area contributed by atoms with Crippen molar-refractivity contribution in [1.82, 2.24) is 4.98 Å². The number of phenols is 1. The number of benzene rings is 1. The van der Waals surface area contributed by atoms with E-state index in [4.69, 9.17) is 0 Å². The minimum Gasteiger partial charge on any atom is -0.505 e. The van der Waals surface area contributed by atoms with E-state index in [-0.39, 0.29) is 22.2 Å². The molecule has 2 nitrogen and oxygen atoms in total. The van der Waals surface area contributed by atoms with E-state index >= 15 is 0 Å². The molecule has 0 bridgehead atoms. The molecule has 2 aromatic rings. The number of fused-ring (bicyclic) bond motifs is 1. The summed E-state index contributed by atoms with van der Waals surface area (Å²) >= 11 is 4.35. The maximum absolute atomic E-state index is 9.71. The molecular formula is C9H5I2NNiO. The van der Waals surface area contributed by atoms with Crippen LogP contribution in [0.15, 0.2) is 24.4 Å². The van der Waals surface area contributed by atoms with E-state index in [0.29, 0.717) is 5.52 Å². The second-order valence-corrected chi connectivity index (χ2v) is 4.91. The second kappa shape index (κ2) is 4.94. The molecule has 0 unspecified atom stereocenters. The maximum atomic E-state index is 9.71. The van der Waals surface area contributed by atoms with Crippen molar-refractivity contribution >= 4 is 56.1 Å². The number of pyridine rings is 1. The minimum absolute atomic E-state index is 0. The van der Waals surface area contributed by atoms with Gasteiger partial charge in [-0.25, -0.2) is 0 Å². The van der Waals surface area contributed by atoms with Crippen molar-refractivity contribution in [3.63, 3.8) is 0 Å². The van der Waals surface area contributed by atoms with Crippen molar-refractivity contribution < 1.29 is 21.6 Å². The molecule has 0 amide bonds. The third-order valence-electron chi connectivity index (χ3n) is 1.77. The summed E-state index contributed by atoms with van der Waals surface area (Å²) < 4.78 is 1.95. The molecule has 0 aliphatic heterocycles. The van der Waals surface area contributed by atoms with Gasteiger partial charge in [0.15, 0.2) is 5.75 Å². The van der Waals surface area contributed by atoms with Gasteiger partial charge in [-0.3, -0.25) is 4.98 Å². The minimum atomic E-state index is 0. The Labute approximate surface area is 119 Å². The number of aromatic hydroxyl groups is 1. The van der Waals surface area contributed by atoms with Gasteiger partial charge < -0.3 is 5.11 Å². The van der Waals surface area contributed by atoms with Crippen molar-refractivity contribution in [1.29, 1.82) is 0 Å². The predicted molar refractivity (Wildman–Crippen MR) is 68.8 cm³/mol. The van der Waals surface area contributed by atoms with Gasteiger partial charge >= 0.3 is 0 Å². The smallest absolute Gasteiger partial charge is 0.155 e. The first-order chi connectivity index (χ1) is 6.20. The molecule has 1 aromatic heterocycles. The SMILES string of the molecule is Oc1c(I)cc(I)c2cccnc12.[Ni]. The van der Waals surface area contributed by atoms with E-state index < -0.39 is 0 Å². The van der Waals surface area contributed by atoms with E-state index in [2.05, 4.69) is 50.2 Å². The van der Waals surface area contributed by atoms with Crippen molar-refractivity contribution in [2.45, 2.75) is 0 Å². The van der Waals surface area contributed by atoms with Gasteiger partial charge in [0.25, 0.3) is 0 Å². The molecule has 2 rings (SSSR count). The Bertz CT molecular complexity index is 476. The van der Waals surface area contributed by atoms with Crippen LogP contribution in [0.4, 0.5) is 0 Å². The summed E-state index contributed by atoms with van der Waals surface area (Å²) in [5, 5.41) is 10.7. The molecule has 0 atom stereocenters. The van der Waals surface area contributed by atoms with Crippen molar-refractivity contribution in [2.24, 2.45) is 0 Å². The first-order valence-corrected chi connectivity index (χ1v) is 5.77. The Kier molecular flexibility index (Phi) is 4.39. The normalized spacial score (nSPS) is 9.86. The van der Waals surface area contributed by atoms with Crippen LogP contribution in [0.25, 0.3) is 10.9 Å². The first kappa shape index (κ1) is 12.5. The monoisotopic (exact) mass is 455 g/mol. The largest absolute Gasteiger partial charge is 0.505 e. The average Bonchev–Trinajstić information content (AvgIpc) is 2.15. The van der Waals surface area contributed by atoms with Crippen LogP contribution in [-0.2, 0) is 16.5 Å². The summed E-state index contributed by atoms with van der Waals surface area (Å²) in [6.07, 6.45) is 1.69. The Morgan fingerprint density at radius 2 is 1.93 bits per heavy atom. The quantitative estimate of drug-likeness (QED) is 0.489. The van der Waals surface area contributed by atoms with Crippen LogP contribution in [-0.4, -0.2) is 10.1 Å². The molecule has 1 N–H and O–H groups in total. The van der Waals surface area contributed by atoms with Crippen molar-refractivity contribution in [3.05, 3.63) is 31.5 Å². The second-order valence-electron chi connectivity index (χ2n) is 2.59. The van der Waals surface area contributed by atoms with Gasteiger partial charge in [0.1, 0.15) is 5.52 Å². The van der Waals surface area contributed by atoms with E-state index in [1.54, 1.807) is 6.20 Å². The number of nitrogens with zero attached hydrogens (tertiary/aromatic N) is 1. The van der Waals surface area contributed by atoms with Gasteiger partial charge in [-0.15, -0.1) is 0 Å². The van der Waals surface area contributed by atoms with Gasteiger partial charge in [0.05, 0.1) is 3.57 Å². The molecule has 0 spiro atoms. The number of aromatic nitrogens is 1. The molecular weight excluding hydrogens is 451 g/mol. The fourth-order valence-corrected chi connectivity index (χ4v) is 3.07. The zero-order valence-corrected chi connectivity index (χ0v) is 12.1. The molecule has 76 valence electrons. The standard InChI is InChI=1S/C9H5I2NO.Ni/c10-6-4-7(11)9(13)8-5(6)2-1-3-12-8;/h1-4,13H;. The van der Waals surface area contributed by atoms with Crippen molar-refractivity contribution in [3.8, 4) is 5.75 Å². The topological polar surface area (TPSA) is 33.1 Å². The Morgan fingerprint density at radius 3 is 2.64 bits per heavy atom. The van der Waals surface area contributed by atoms with Crippen LogP contribution in [0.1, 0.15) is 0 Å². The fraction of sp³-hybridized carbons (Fsp3) is 0. The molecule has 14 heavy (non-hydrogen) atoms. The zero-order chi connectivity index (χ0) is 9.42. The van der Waals surface area contributed by atoms with Gasteiger partial charge in [-0.1, -0.05) is 6.07 Å². The van der Waals surface area contributed by atoms with E-state index in [1.165, 1.54) is 0 Å². The Morgan fingerprint density at radius 1 is 1.21 bits per heavy atom. The van der Waals surface area contributed by atoms with Crippen LogP contribution in [0.3, 0.4) is 0 Å². The van der Waals surface area contributed by atoms with Crippen LogP contribution >= 0.6 is 45.2 Å².